The van der Waals surface area contributed by atoms with Crippen molar-refractivity contribution in [2.45, 2.75) is 6.92 Å². The lowest BCUT2D eigenvalue weighted by atomic mass is 10.2. The predicted molar refractivity (Wildman–Crippen MR) is 119 cm³/mol. The molecule has 150 valence electrons. The van der Waals surface area contributed by atoms with E-state index in [1.807, 2.05) is 19.1 Å². The van der Waals surface area contributed by atoms with E-state index >= 15 is 0 Å². The van der Waals surface area contributed by atoms with Gasteiger partial charge in [-0.2, -0.15) is 0 Å². The maximum Gasteiger partial charge on any atom is 0.415 e. The number of rotatable bonds is 2. The Morgan fingerprint density at radius 2 is 1.87 bits per heavy atom. The molecule has 10 heteroatoms. The third-order valence-electron chi connectivity index (χ3n) is 4.34. The monoisotopic (exact) mass is 457 g/mol. The molecule has 0 radical (unpaired) electrons. The average molecular weight is 458 g/mol. The number of benzene rings is 1. The highest BCUT2D eigenvalue weighted by atomic mass is 35.5. The molecule has 3 aromatic rings. The fraction of sp³-hybridized carbons (Fsp3) is 0.0500. The van der Waals surface area contributed by atoms with Crippen LogP contribution < -0.4 is 10.1 Å². The lowest BCUT2D eigenvalue weighted by Crippen LogP contribution is -2.41. The first-order valence-corrected chi connectivity index (χ1v) is 10.3. The molecule has 0 fully saturated rings. The minimum absolute atomic E-state index is 0.0268. The maximum absolute atomic E-state index is 12.6. The van der Waals surface area contributed by atoms with Crippen molar-refractivity contribution in [2.75, 3.05) is 0 Å². The quantitative estimate of drug-likeness (QED) is 0.448. The number of carbonyl (C=O) groups is 1. The third kappa shape index (κ3) is 3.87. The van der Waals surface area contributed by atoms with E-state index in [0.29, 0.717) is 21.5 Å². The van der Waals surface area contributed by atoms with Gasteiger partial charge in [-0.05, 0) is 67.2 Å². The summed E-state index contributed by atoms with van der Waals surface area (Å²) in [6.45, 7) is 1.95. The highest BCUT2D eigenvalue weighted by Gasteiger charge is 2.33. The number of H-pyrrole nitrogens is 1. The number of pyridine rings is 1. The Morgan fingerprint density at radius 1 is 1.20 bits per heavy atom. The molecule has 2 aromatic heterocycles. The van der Waals surface area contributed by atoms with Crippen LogP contribution in [0.2, 0.25) is 5.02 Å². The number of aromatic hydroxyl groups is 1. The highest BCUT2D eigenvalue weighted by Crippen LogP contribution is 2.30. The summed E-state index contributed by atoms with van der Waals surface area (Å²) < 4.78 is 3.02. The molecule has 0 saturated heterocycles. The van der Waals surface area contributed by atoms with E-state index in [1.54, 1.807) is 41.2 Å². The smallest absolute Gasteiger partial charge is 0.415 e. The van der Waals surface area contributed by atoms with Crippen LogP contribution in [0.25, 0.3) is 11.8 Å². The molecule has 1 aliphatic heterocycles. The van der Waals surface area contributed by atoms with Gasteiger partial charge in [0, 0.05) is 21.8 Å². The van der Waals surface area contributed by atoms with Crippen molar-refractivity contribution >= 4 is 52.7 Å². The summed E-state index contributed by atoms with van der Waals surface area (Å²) >= 11 is 12.0. The van der Waals surface area contributed by atoms with E-state index in [4.69, 9.17) is 23.8 Å². The van der Waals surface area contributed by atoms with Gasteiger partial charge in [0.05, 0.1) is 18.1 Å². The average Bonchev–Trinajstić information content (AvgIpc) is 3.07. The van der Waals surface area contributed by atoms with Gasteiger partial charge in [-0.25, -0.2) is 9.36 Å². The topological polar surface area (TPSA) is 91.3 Å². The number of aromatic nitrogens is 3. The summed E-state index contributed by atoms with van der Waals surface area (Å²) in [4.78, 5) is 31.5. The molecule has 7 nitrogen and oxygen atoms in total. The Morgan fingerprint density at radius 3 is 2.53 bits per heavy atom. The molecule has 1 aromatic carbocycles. The Bertz CT molecular complexity index is 1340. The standard InChI is InChI=1S/C20H13ClN4O3S2/c1-11-6-8-24(9-7-11)16-15(30-20(28)22-16)10-14-17(26)23-19(29)25(18(14)27)13-4-2-12(21)3-5-13/h2-10H,1H3,(H-,22,23,26,27,28,29)/p+1. The van der Waals surface area contributed by atoms with Crippen molar-refractivity contribution < 1.29 is 14.5 Å². The Balaban J connectivity index is 1.86. The van der Waals surface area contributed by atoms with Crippen LogP contribution in [0.4, 0.5) is 4.79 Å². The summed E-state index contributed by atoms with van der Waals surface area (Å²) in [6.07, 6.45) is 4.97. The Labute approximate surface area is 185 Å². The van der Waals surface area contributed by atoms with Gasteiger partial charge in [-0.1, -0.05) is 11.6 Å². The molecule has 0 saturated carbocycles. The molecule has 3 heterocycles. The van der Waals surface area contributed by atoms with E-state index in [1.165, 1.54) is 10.6 Å². The zero-order valence-electron chi connectivity index (χ0n) is 15.5. The van der Waals surface area contributed by atoms with Crippen LogP contribution in [0.5, 0.6) is 5.88 Å². The summed E-state index contributed by atoms with van der Waals surface area (Å²) in [5, 5.41) is 11.0. The Kier molecular flexibility index (Phi) is 5.42. The largest absolute Gasteiger partial charge is 0.494 e. The maximum atomic E-state index is 12.6. The number of thioether (sulfide) groups is 1. The summed E-state index contributed by atoms with van der Waals surface area (Å²) in [5.41, 5.74) is 0.947. The van der Waals surface area contributed by atoms with Gasteiger partial charge in [0.2, 0.25) is 5.88 Å². The van der Waals surface area contributed by atoms with Crippen LogP contribution in [0.1, 0.15) is 11.1 Å². The number of aromatic amines is 1. The van der Waals surface area contributed by atoms with E-state index in [0.717, 1.165) is 17.3 Å². The second kappa shape index (κ2) is 8.02. The van der Waals surface area contributed by atoms with Crippen molar-refractivity contribution in [3.05, 3.63) is 85.0 Å². The number of halogens is 1. The van der Waals surface area contributed by atoms with Crippen LogP contribution in [-0.2, 0) is 0 Å². The molecule has 2 N–H and O–H groups in total. The number of amides is 1. The van der Waals surface area contributed by atoms with Crippen LogP contribution in [0.15, 0.2) is 63.5 Å². The first-order chi connectivity index (χ1) is 14.3. The van der Waals surface area contributed by atoms with E-state index in [-0.39, 0.29) is 16.2 Å². The molecule has 30 heavy (non-hydrogen) atoms. The minimum Gasteiger partial charge on any atom is -0.494 e. The normalized spacial score (nSPS) is 14.9. The first kappa shape index (κ1) is 20.3. The van der Waals surface area contributed by atoms with Gasteiger partial charge in [-0.15, -0.1) is 0 Å². The number of allylic oxidation sites excluding steroid dienone is 1. The van der Waals surface area contributed by atoms with E-state index in [9.17, 15) is 14.7 Å². The first-order valence-electron chi connectivity index (χ1n) is 8.68. The minimum atomic E-state index is -0.580. The lowest BCUT2D eigenvalue weighted by Gasteiger charge is -2.11. The zero-order chi connectivity index (χ0) is 21.4. The van der Waals surface area contributed by atoms with Crippen molar-refractivity contribution in [3.8, 4) is 11.6 Å². The van der Waals surface area contributed by atoms with Crippen LogP contribution >= 0.6 is 35.6 Å². The van der Waals surface area contributed by atoms with Gasteiger partial charge >= 0.3 is 11.1 Å². The number of hydrogen-bond donors (Lipinski definition) is 2. The Hall–Kier alpha value is -3.01. The van der Waals surface area contributed by atoms with Gasteiger partial charge in [0.25, 0.3) is 5.56 Å². The number of hydrogen-bond acceptors (Lipinski definition) is 5. The summed E-state index contributed by atoms with van der Waals surface area (Å²) in [7, 11) is 0. The van der Waals surface area contributed by atoms with Crippen molar-refractivity contribution in [1.82, 2.24) is 9.55 Å². The fourth-order valence-electron chi connectivity index (χ4n) is 2.85. The molecule has 0 bridgehead atoms. The second-order valence-electron chi connectivity index (χ2n) is 6.40. The molecule has 0 atom stereocenters. The molecule has 0 spiro atoms. The molecule has 1 amide bonds. The number of nitrogens with one attached hydrogen (secondary N) is 1. The molecule has 1 aliphatic rings. The molecule has 0 aliphatic carbocycles. The number of nitrogens with zero attached hydrogens (tertiary/aromatic N) is 3. The van der Waals surface area contributed by atoms with Gasteiger partial charge in [0.15, 0.2) is 4.77 Å². The molecule has 0 unspecified atom stereocenters. The fourth-order valence-corrected chi connectivity index (χ4v) is 4.00. The van der Waals surface area contributed by atoms with Crippen LogP contribution in [0, 0.1) is 11.7 Å². The van der Waals surface area contributed by atoms with Gasteiger partial charge < -0.3 is 5.11 Å². The highest BCUT2D eigenvalue weighted by molar-refractivity contribution is 8.18. The molecular weight excluding hydrogens is 444 g/mol. The molecule has 4 rings (SSSR count). The second-order valence-corrected chi connectivity index (χ2v) is 8.22. The van der Waals surface area contributed by atoms with Crippen molar-refractivity contribution in [2.24, 2.45) is 4.99 Å². The lowest BCUT2D eigenvalue weighted by molar-refractivity contribution is -0.554. The summed E-state index contributed by atoms with van der Waals surface area (Å²) in [5.74, 6) is 0.0103. The predicted octanol–water partition coefficient (Wildman–Crippen LogP) is 4.00. The van der Waals surface area contributed by atoms with E-state index in [2.05, 4.69) is 9.98 Å². The summed E-state index contributed by atoms with van der Waals surface area (Å²) in [6, 6.07) is 10.4. The molecular formula is C20H14ClN4O3S2+. The van der Waals surface area contributed by atoms with Crippen LogP contribution in [-0.4, -0.2) is 25.7 Å². The SMILES string of the molecule is Cc1cc[n+](C2=NC(=O)SC2=Cc2c(O)n(-c3ccc(Cl)cc3)c(=S)[nH]c2=O)cc1. The van der Waals surface area contributed by atoms with Gasteiger partial charge in [-0.3, -0.25) is 14.3 Å². The van der Waals surface area contributed by atoms with Crippen molar-refractivity contribution in [1.29, 1.82) is 0 Å². The third-order valence-corrected chi connectivity index (χ3v) is 5.66. The zero-order valence-corrected chi connectivity index (χ0v) is 17.9. The van der Waals surface area contributed by atoms with Gasteiger partial charge in [0.1, 0.15) is 10.5 Å². The van der Waals surface area contributed by atoms with Crippen molar-refractivity contribution in [3.63, 3.8) is 0 Å². The van der Waals surface area contributed by atoms with E-state index < -0.39 is 10.8 Å². The number of carbonyl (C=O) groups excluding carboxylic acids is 1. The number of aliphatic imine (C=N–C) groups is 1. The number of aryl methyl sites for hydroxylation is 1. The van der Waals surface area contributed by atoms with Crippen LogP contribution in [0.3, 0.4) is 0 Å².